The number of esters is 4. The molecule has 0 aliphatic carbocycles. The van der Waals surface area contributed by atoms with Gasteiger partial charge in [-0.2, -0.15) is 0 Å². The SMILES string of the molecule is C=C(CC(C=CC1CC(=O)OC1=O)C1CC(=O)OC1=O)PP. The zero-order chi connectivity index (χ0) is 16.3. The Morgan fingerprint density at radius 1 is 1.23 bits per heavy atom. The smallest absolute Gasteiger partial charge is 0.321 e. The summed E-state index contributed by atoms with van der Waals surface area (Å²) >= 11 is 0. The van der Waals surface area contributed by atoms with Gasteiger partial charge in [-0.1, -0.05) is 32.3 Å². The van der Waals surface area contributed by atoms with Crippen LogP contribution in [0.2, 0.25) is 0 Å². The molecule has 5 atom stereocenters. The minimum atomic E-state index is -0.630. The average Bonchev–Trinajstić information content (AvgIpc) is 2.95. The van der Waals surface area contributed by atoms with E-state index in [0.29, 0.717) is 14.7 Å². The minimum absolute atomic E-state index is 0.00240. The molecule has 0 N–H and O–H groups in total. The van der Waals surface area contributed by atoms with Crippen molar-refractivity contribution in [2.75, 3.05) is 0 Å². The van der Waals surface area contributed by atoms with Crippen LogP contribution in [0.5, 0.6) is 0 Å². The Balaban J connectivity index is 2.12. The highest BCUT2D eigenvalue weighted by Gasteiger charge is 2.39. The topological polar surface area (TPSA) is 86.7 Å². The maximum absolute atomic E-state index is 11.8. The summed E-state index contributed by atoms with van der Waals surface area (Å²) in [5, 5.41) is 0.928. The molecule has 0 aromatic heterocycles. The van der Waals surface area contributed by atoms with Crippen LogP contribution < -0.4 is 0 Å². The Hall–Kier alpha value is -1.38. The quantitative estimate of drug-likeness (QED) is 0.316. The molecule has 8 heteroatoms. The molecule has 6 nitrogen and oxygen atoms in total. The van der Waals surface area contributed by atoms with Gasteiger partial charge in [0.05, 0.1) is 24.7 Å². The molecule has 0 amide bonds. The van der Waals surface area contributed by atoms with Crippen LogP contribution in [0.3, 0.4) is 0 Å². The predicted molar refractivity (Wildman–Crippen MR) is 82.8 cm³/mol. The van der Waals surface area contributed by atoms with Gasteiger partial charge in [-0.3, -0.25) is 19.2 Å². The molecule has 2 aliphatic heterocycles. The van der Waals surface area contributed by atoms with E-state index in [2.05, 4.69) is 25.0 Å². The van der Waals surface area contributed by atoms with Crippen LogP contribution in [-0.2, 0) is 28.7 Å². The summed E-state index contributed by atoms with van der Waals surface area (Å²) in [6.45, 7) is 3.91. The number of ether oxygens (including phenoxy) is 2. The molecule has 0 aromatic carbocycles. The van der Waals surface area contributed by atoms with E-state index in [4.69, 9.17) is 0 Å². The van der Waals surface area contributed by atoms with Crippen LogP contribution in [0.1, 0.15) is 19.3 Å². The molecule has 0 bridgehead atoms. The second-order valence-electron chi connectivity index (χ2n) is 5.21. The highest BCUT2D eigenvalue weighted by Crippen LogP contribution is 2.39. The van der Waals surface area contributed by atoms with Crippen molar-refractivity contribution in [3.05, 3.63) is 24.0 Å². The molecule has 2 fully saturated rings. The number of allylic oxidation sites excluding steroid dienone is 2. The number of cyclic esters (lactones) is 4. The molecule has 118 valence electrons. The Bertz CT molecular complexity index is 568. The normalized spacial score (nSPS) is 27.0. The fourth-order valence-corrected chi connectivity index (χ4v) is 3.13. The third-order valence-electron chi connectivity index (χ3n) is 3.60. The number of hydrogen-bond acceptors (Lipinski definition) is 6. The highest BCUT2D eigenvalue weighted by atomic mass is 32.0. The molecule has 2 saturated heterocycles. The van der Waals surface area contributed by atoms with Gasteiger partial charge in [0.15, 0.2) is 0 Å². The van der Waals surface area contributed by atoms with Crippen LogP contribution in [-0.4, -0.2) is 23.9 Å². The Kier molecular flexibility index (Phi) is 5.60. The van der Waals surface area contributed by atoms with Crippen LogP contribution in [0.15, 0.2) is 24.0 Å². The second-order valence-corrected chi connectivity index (χ2v) is 7.07. The first-order chi connectivity index (χ1) is 10.4. The van der Waals surface area contributed by atoms with E-state index in [9.17, 15) is 19.2 Å². The number of carbonyl (C=O) groups excluding carboxylic acids is 4. The van der Waals surface area contributed by atoms with E-state index in [1.165, 1.54) is 0 Å². The van der Waals surface area contributed by atoms with Crippen molar-refractivity contribution < 1.29 is 28.7 Å². The fraction of sp³-hybridized carbons (Fsp3) is 0.429. The standard InChI is InChI=1S/C14H16O6P2/c1-7(22-21)4-8(10-6-12(16)20-14(10)18)2-3-9-5-11(15)19-13(9)17/h2-3,8-10,22H,1,4-6,21H2. The first-order valence-electron chi connectivity index (χ1n) is 6.72. The Labute approximate surface area is 131 Å². The lowest BCUT2D eigenvalue weighted by Crippen LogP contribution is -2.18. The maximum Gasteiger partial charge on any atom is 0.321 e. The molecule has 22 heavy (non-hydrogen) atoms. The summed E-state index contributed by atoms with van der Waals surface area (Å²) in [7, 11) is 3.01. The van der Waals surface area contributed by atoms with Gasteiger partial charge in [-0.05, 0) is 12.3 Å². The molecule has 2 aliphatic rings. The van der Waals surface area contributed by atoms with E-state index < -0.39 is 35.7 Å². The van der Waals surface area contributed by atoms with Gasteiger partial charge in [-0.25, -0.2) is 0 Å². The summed E-state index contributed by atoms with van der Waals surface area (Å²) < 4.78 is 9.07. The van der Waals surface area contributed by atoms with Crippen LogP contribution in [0, 0.1) is 17.8 Å². The largest absolute Gasteiger partial charge is 0.393 e. The van der Waals surface area contributed by atoms with Crippen molar-refractivity contribution in [1.29, 1.82) is 0 Å². The van der Waals surface area contributed by atoms with E-state index in [1.807, 2.05) is 0 Å². The lowest BCUT2D eigenvalue weighted by Gasteiger charge is -2.17. The van der Waals surface area contributed by atoms with Gasteiger partial charge in [0.1, 0.15) is 0 Å². The number of hydrogen-bond donors (Lipinski definition) is 0. The lowest BCUT2D eigenvalue weighted by molar-refractivity contribution is -0.154. The van der Waals surface area contributed by atoms with Crippen molar-refractivity contribution in [3.63, 3.8) is 0 Å². The lowest BCUT2D eigenvalue weighted by atomic mass is 9.87. The summed E-state index contributed by atoms with van der Waals surface area (Å²) in [5.74, 6) is -3.72. The molecule has 0 radical (unpaired) electrons. The third kappa shape index (κ3) is 4.08. The molecule has 2 heterocycles. The Morgan fingerprint density at radius 3 is 2.36 bits per heavy atom. The van der Waals surface area contributed by atoms with Crippen molar-refractivity contribution >= 4 is 41.1 Å². The van der Waals surface area contributed by atoms with Gasteiger partial charge in [0.25, 0.3) is 0 Å². The molecule has 5 unspecified atom stereocenters. The fourth-order valence-electron chi connectivity index (χ4n) is 2.42. The van der Waals surface area contributed by atoms with Crippen molar-refractivity contribution in [3.8, 4) is 0 Å². The van der Waals surface area contributed by atoms with E-state index >= 15 is 0 Å². The van der Waals surface area contributed by atoms with Crippen LogP contribution in [0.25, 0.3) is 0 Å². The number of rotatable bonds is 6. The zero-order valence-electron chi connectivity index (χ0n) is 11.7. The van der Waals surface area contributed by atoms with E-state index in [1.54, 1.807) is 12.2 Å². The molecular formula is C14H16O6P2. The molecular weight excluding hydrogens is 326 g/mol. The minimum Gasteiger partial charge on any atom is -0.393 e. The van der Waals surface area contributed by atoms with Crippen molar-refractivity contribution in [2.45, 2.75) is 19.3 Å². The summed E-state index contributed by atoms with van der Waals surface area (Å²) in [6, 6.07) is 0. The summed E-state index contributed by atoms with van der Waals surface area (Å²) in [5.41, 5.74) is 0. The first kappa shape index (κ1) is 17.0. The molecule has 0 saturated carbocycles. The van der Waals surface area contributed by atoms with Gasteiger partial charge >= 0.3 is 23.9 Å². The van der Waals surface area contributed by atoms with Gasteiger partial charge in [-0.15, -0.1) is 8.93 Å². The van der Waals surface area contributed by atoms with Gasteiger partial charge in [0.2, 0.25) is 0 Å². The third-order valence-corrected chi connectivity index (χ3v) is 5.44. The summed E-state index contributed by atoms with van der Waals surface area (Å²) in [6.07, 6.45) is 3.82. The maximum atomic E-state index is 11.8. The van der Waals surface area contributed by atoms with Crippen LogP contribution >= 0.6 is 17.2 Å². The summed E-state index contributed by atoms with van der Waals surface area (Å²) in [4.78, 5) is 45.5. The molecule has 0 aromatic rings. The van der Waals surface area contributed by atoms with Crippen molar-refractivity contribution in [1.82, 2.24) is 0 Å². The number of carbonyl (C=O) groups is 4. The predicted octanol–water partition coefficient (Wildman–Crippen LogP) is 1.71. The monoisotopic (exact) mass is 342 g/mol. The first-order valence-corrected chi connectivity index (χ1v) is 9.53. The van der Waals surface area contributed by atoms with E-state index in [-0.39, 0.29) is 18.8 Å². The van der Waals surface area contributed by atoms with Crippen LogP contribution in [0.4, 0.5) is 0 Å². The zero-order valence-corrected chi connectivity index (χ0v) is 13.9. The molecule has 2 rings (SSSR count). The average molecular weight is 342 g/mol. The van der Waals surface area contributed by atoms with Crippen molar-refractivity contribution in [2.24, 2.45) is 17.8 Å². The molecule has 0 spiro atoms. The van der Waals surface area contributed by atoms with E-state index in [0.717, 1.165) is 5.31 Å². The van der Waals surface area contributed by atoms with Gasteiger partial charge in [0, 0.05) is 0 Å². The second kappa shape index (κ2) is 7.26. The highest BCUT2D eigenvalue weighted by molar-refractivity contribution is 8.05. The Morgan fingerprint density at radius 2 is 1.86 bits per heavy atom. The van der Waals surface area contributed by atoms with Gasteiger partial charge < -0.3 is 9.47 Å².